The lowest BCUT2D eigenvalue weighted by Crippen LogP contribution is -2.29. The quantitative estimate of drug-likeness (QED) is 0.635. The van der Waals surface area contributed by atoms with Gasteiger partial charge in [0.15, 0.2) is 0 Å². The summed E-state index contributed by atoms with van der Waals surface area (Å²) in [5.41, 5.74) is 0. The molecule has 0 spiro atoms. The molecule has 1 rings (SSSR count). The zero-order chi connectivity index (χ0) is 9.36. The Morgan fingerprint density at radius 3 is 2.77 bits per heavy atom. The van der Waals surface area contributed by atoms with Gasteiger partial charge in [0.2, 0.25) is 0 Å². The highest BCUT2D eigenvalue weighted by atomic mass is 32.2. The van der Waals surface area contributed by atoms with Crippen LogP contribution in [0.5, 0.6) is 0 Å². The van der Waals surface area contributed by atoms with Gasteiger partial charge in [0, 0.05) is 11.8 Å². The molecule has 0 aromatic rings. The van der Waals surface area contributed by atoms with Crippen LogP contribution in [0, 0.1) is 0 Å². The second kappa shape index (κ2) is 7.69. The zero-order valence-corrected chi connectivity index (χ0v) is 9.67. The monoisotopic (exact) mass is 201 g/mol. The Bertz CT molecular complexity index is 111. The molecule has 1 fully saturated rings. The van der Waals surface area contributed by atoms with Crippen molar-refractivity contribution in [1.82, 2.24) is 5.32 Å². The minimum Gasteiger partial charge on any atom is -0.313 e. The number of rotatable bonds is 7. The van der Waals surface area contributed by atoms with Crippen LogP contribution in [0.4, 0.5) is 0 Å². The van der Waals surface area contributed by atoms with Gasteiger partial charge in [-0.2, -0.15) is 11.8 Å². The normalized spacial score (nSPS) is 22.4. The third-order valence-electron chi connectivity index (χ3n) is 2.64. The van der Waals surface area contributed by atoms with Crippen molar-refractivity contribution >= 4 is 11.8 Å². The van der Waals surface area contributed by atoms with Gasteiger partial charge in [0.05, 0.1) is 0 Å². The van der Waals surface area contributed by atoms with Crippen LogP contribution in [0.2, 0.25) is 0 Å². The summed E-state index contributed by atoms with van der Waals surface area (Å²) in [7, 11) is 0. The lowest BCUT2D eigenvalue weighted by atomic mass is 10.1. The average Bonchev–Trinajstić information content (AvgIpc) is 2.63. The van der Waals surface area contributed by atoms with E-state index in [1.807, 2.05) is 0 Å². The largest absolute Gasteiger partial charge is 0.313 e. The van der Waals surface area contributed by atoms with E-state index in [9.17, 15) is 0 Å². The zero-order valence-electron chi connectivity index (χ0n) is 8.85. The van der Waals surface area contributed by atoms with E-state index in [4.69, 9.17) is 0 Å². The second-order valence-electron chi connectivity index (χ2n) is 3.93. The van der Waals surface area contributed by atoms with Crippen LogP contribution in [0.15, 0.2) is 0 Å². The molecule has 1 N–H and O–H groups in total. The summed E-state index contributed by atoms with van der Waals surface area (Å²) in [6.07, 6.45) is 8.38. The molecular weight excluding hydrogens is 178 g/mol. The van der Waals surface area contributed by atoms with Crippen molar-refractivity contribution in [3.8, 4) is 0 Å². The third-order valence-corrected chi connectivity index (χ3v) is 3.81. The first kappa shape index (κ1) is 11.4. The van der Waals surface area contributed by atoms with Gasteiger partial charge in [-0.05, 0) is 25.1 Å². The summed E-state index contributed by atoms with van der Waals surface area (Å²) in [6.45, 7) is 3.52. The summed E-state index contributed by atoms with van der Waals surface area (Å²) < 4.78 is 0. The van der Waals surface area contributed by atoms with Crippen molar-refractivity contribution in [3.63, 3.8) is 0 Å². The Labute approximate surface area is 87.1 Å². The molecule has 13 heavy (non-hydrogen) atoms. The van der Waals surface area contributed by atoms with Crippen LogP contribution in [0.3, 0.4) is 0 Å². The van der Waals surface area contributed by atoms with E-state index in [0.29, 0.717) is 0 Å². The minimum atomic E-state index is 0.830. The Morgan fingerprint density at radius 1 is 1.23 bits per heavy atom. The molecular formula is C11H23NS. The van der Waals surface area contributed by atoms with Crippen LogP contribution >= 0.6 is 11.8 Å². The third kappa shape index (κ3) is 5.58. The Hall–Kier alpha value is 0.310. The highest BCUT2D eigenvalue weighted by molar-refractivity contribution is 7.99. The molecule has 0 radical (unpaired) electrons. The summed E-state index contributed by atoms with van der Waals surface area (Å²) in [6, 6.07) is 0.830. The van der Waals surface area contributed by atoms with E-state index in [1.165, 1.54) is 56.6 Å². The van der Waals surface area contributed by atoms with Crippen molar-refractivity contribution in [2.75, 3.05) is 18.1 Å². The molecule has 0 aromatic heterocycles. The average molecular weight is 201 g/mol. The molecule has 1 heterocycles. The topological polar surface area (TPSA) is 12.0 Å². The molecule has 2 heteroatoms. The van der Waals surface area contributed by atoms with Crippen molar-refractivity contribution in [2.45, 2.75) is 51.5 Å². The molecule has 1 atom stereocenters. The lowest BCUT2D eigenvalue weighted by Gasteiger charge is -2.10. The summed E-state index contributed by atoms with van der Waals surface area (Å²) in [4.78, 5) is 0. The van der Waals surface area contributed by atoms with Gasteiger partial charge < -0.3 is 5.32 Å². The fourth-order valence-electron chi connectivity index (χ4n) is 1.73. The van der Waals surface area contributed by atoms with Gasteiger partial charge in [-0.3, -0.25) is 0 Å². The lowest BCUT2D eigenvalue weighted by molar-refractivity contribution is 0.522. The molecule has 1 aliphatic heterocycles. The first-order chi connectivity index (χ1) is 6.43. The van der Waals surface area contributed by atoms with Crippen LogP contribution < -0.4 is 5.32 Å². The highest BCUT2D eigenvalue weighted by Crippen LogP contribution is 2.16. The highest BCUT2D eigenvalue weighted by Gasteiger charge is 2.13. The standard InChI is InChI=1S/C11H23NS/c1-2-3-4-5-6-8-12-11-7-9-13-10-11/h11-12H,2-10H2,1H3. The maximum absolute atomic E-state index is 3.64. The van der Waals surface area contributed by atoms with Crippen LogP contribution in [-0.4, -0.2) is 24.1 Å². The predicted octanol–water partition coefficient (Wildman–Crippen LogP) is 3.05. The van der Waals surface area contributed by atoms with E-state index in [2.05, 4.69) is 24.0 Å². The summed E-state index contributed by atoms with van der Waals surface area (Å²) >= 11 is 2.09. The first-order valence-electron chi connectivity index (χ1n) is 5.74. The minimum absolute atomic E-state index is 0.830. The molecule has 78 valence electrons. The Morgan fingerprint density at radius 2 is 2.08 bits per heavy atom. The predicted molar refractivity (Wildman–Crippen MR) is 62.5 cm³/mol. The second-order valence-corrected chi connectivity index (χ2v) is 5.08. The number of nitrogens with one attached hydrogen (secondary N) is 1. The van der Waals surface area contributed by atoms with Gasteiger partial charge in [-0.25, -0.2) is 0 Å². The summed E-state index contributed by atoms with van der Waals surface area (Å²) in [5.74, 6) is 2.71. The van der Waals surface area contributed by atoms with Crippen LogP contribution in [0.25, 0.3) is 0 Å². The van der Waals surface area contributed by atoms with E-state index in [-0.39, 0.29) is 0 Å². The fourth-order valence-corrected chi connectivity index (χ4v) is 2.92. The van der Waals surface area contributed by atoms with Crippen molar-refractivity contribution < 1.29 is 0 Å². The maximum atomic E-state index is 3.64. The van der Waals surface area contributed by atoms with E-state index < -0.39 is 0 Å². The van der Waals surface area contributed by atoms with E-state index in [1.54, 1.807) is 0 Å². The van der Waals surface area contributed by atoms with Gasteiger partial charge >= 0.3 is 0 Å². The SMILES string of the molecule is CCCCCCCNC1CCSC1. The van der Waals surface area contributed by atoms with Crippen molar-refractivity contribution in [1.29, 1.82) is 0 Å². The molecule has 1 saturated heterocycles. The van der Waals surface area contributed by atoms with Crippen LogP contribution in [-0.2, 0) is 0 Å². The molecule has 0 aliphatic carbocycles. The molecule has 1 aliphatic rings. The number of hydrogen-bond donors (Lipinski definition) is 1. The fraction of sp³-hybridized carbons (Fsp3) is 1.00. The number of hydrogen-bond acceptors (Lipinski definition) is 2. The molecule has 1 nitrogen and oxygen atoms in total. The molecule has 1 unspecified atom stereocenters. The molecule has 0 saturated carbocycles. The Balaban J connectivity index is 1.78. The number of unbranched alkanes of at least 4 members (excludes halogenated alkanes) is 4. The molecule has 0 aromatic carbocycles. The Kier molecular flexibility index (Phi) is 6.73. The van der Waals surface area contributed by atoms with Gasteiger partial charge in [-0.15, -0.1) is 0 Å². The number of thioether (sulfide) groups is 1. The van der Waals surface area contributed by atoms with Crippen LogP contribution in [0.1, 0.15) is 45.4 Å². The molecule has 0 bridgehead atoms. The van der Waals surface area contributed by atoms with Crippen molar-refractivity contribution in [3.05, 3.63) is 0 Å². The van der Waals surface area contributed by atoms with Gasteiger partial charge in [-0.1, -0.05) is 32.6 Å². The van der Waals surface area contributed by atoms with Crippen molar-refractivity contribution in [2.24, 2.45) is 0 Å². The molecule has 0 amide bonds. The smallest absolute Gasteiger partial charge is 0.0166 e. The summed E-state index contributed by atoms with van der Waals surface area (Å²) in [5, 5.41) is 3.64. The van der Waals surface area contributed by atoms with E-state index >= 15 is 0 Å². The maximum Gasteiger partial charge on any atom is 0.0166 e. The van der Waals surface area contributed by atoms with Gasteiger partial charge in [0.25, 0.3) is 0 Å². The van der Waals surface area contributed by atoms with Gasteiger partial charge in [0.1, 0.15) is 0 Å². The first-order valence-corrected chi connectivity index (χ1v) is 6.90. The van der Waals surface area contributed by atoms with E-state index in [0.717, 1.165) is 6.04 Å².